The zero-order chi connectivity index (χ0) is 16.9. The van der Waals surface area contributed by atoms with Crippen molar-refractivity contribution in [1.29, 1.82) is 5.26 Å². The van der Waals surface area contributed by atoms with E-state index in [0.717, 1.165) is 29.5 Å². The summed E-state index contributed by atoms with van der Waals surface area (Å²) in [4.78, 5) is 12.7. The fourth-order valence-corrected chi connectivity index (χ4v) is 3.43. The monoisotopic (exact) mass is 317 g/mol. The summed E-state index contributed by atoms with van der Waals surface area (Å²) in [6, 6.07) is 17.5. The number of fused-ring (bicyclic) bond motifs is 1. The number of hydrogen-bond donors (Lipinski definition) is 0. The van der Waals surface area contributed by atoms with Crippen LogP contribution < -0.4 is 0 Å². The lowest BCUT2D eigenvalue weighted by Gasteiger charge is -2.18. The topological polar surface area (TPSA) is 50.1 Å². The van der Waals surface area contributed by atoms with Gasteiger partial charge in [0.05, 0.1) is 17.6 Å². The molecule has 0 N–H and O–H groups in total. The third-order valence-corrected chi connectivity index (χ3v) is 4.55. The van der Waals surface area contributed by atoms with Crippen molar-refractivity contribution in [3.05, 3.63) is 83.4 Å². The number of carbonyl (C=O) groups excluding carboxylic acids is 1. The van der Waals surface area contributed by atoms with Gasteiger partial charge in [0.1, 0.15) is 6.61 Å². The molecule has 2 aromatic carbocycles. The fraction of sp³-hybridized carbons (Fsp3) is 0.238. The molecule has 0 unspecified atom stereocenters. The van der Waals surface area contributed by atoms with Crippen molar-refractivity contribution in [2.75, 3.05) is 0 Å². The van der Waals surface area contributed by atoms with E-state index in [4.69, 9.17) is 4.74 Å². The van der Waals surface area contributed by atoms with Gasteiger partial charge in [-0.25, -0.2) is 0 Å². The standard InChI is InChI=1S/C21H19NO2/c1-2-7-16-12-19-17(13-22)10-6-11-18(19)20(16)21(23)24-14-15-8-4-3-5-9-15/h2-6,8-11,16,20H,1,7,12,14H2/t16-,20-/m0/s1. The maximum absolute atomic E-state index is 12.7. The van der Waals surface area contributed by atoms with Crippen molar-refractivity contribution in [3.63, 3.8) is 0 Å². The van der Waals surface area contributed by atoms with E-state index in [1.165, 1.54) is 0 Å². The van der Waals surface area contributed by atoms with E-state index in [9.17, 15) is 10.1 Å². The van der Waals surface area contributed by atoms with Crippen LogP contribution in [0.25, 0.3) is 0 Å². The average Bonchev–Trinajstić information content (AvgIpc) is 2.99. The second kappa shape index (κ2) is 7.14. The molecule has 0 aromatic heterocycles. The first kappa shape index (κ1) is 16.0. The Morgan fingerprint density at radius 1 is 1.25 bits per heavy atom. The highest BCUT2D eigenvalue weighted by Gasteiger charge is 2.39. The molecule has 1 aliphatic rings. The van der Waals surface area contributed by atoms with E-state index in [1.807, 2.05) is 54.6 Å². The molecule has 0 saturated heterocycles. The number of esters is 1. The normalized spacial score (nSPS) is 18.5. The Balaban J connectivity index is 1.83. The van der Waals surface area contributed by atoms with E-state index in [0.29, 0.717) is 5.56 Å². The smallest absolute Gasteiger partial charge is 0.314 e. The minimum absolute atomic E-state index is 0.107. The second-order valence-electron chi connectivity index (χ2n) is 6.04. The molecule has 0 radical (unpaired) electrons. The lowest BCUT2D eigenvalue weighted by atomic mass is 9.90. The molecule has 0 heterocycles. The highest BCUT2D eigenvalue weighted by atomic mass is 16.5. The van der Waals surface area contributed by atoms with Crippen molar-refractivity contribution in [2.24, 2.45) is 5.92 Å². The molecule has 24 heavy (non-hydrogen) atoms. The maximum atomic E-state index is 12.7. The molecule has 0 amide bonds. The number of nitrogens with zero attached hydrogens (tertiary/aromatic N) is 1. The molecule has 1 aliphatic carbocycles. The quantitative estimate of drug-likeness (QED) is 0.615. The minimum atomic E-state index is -0.324. The highest BCUT2D eigenvalue weighted by Crippen LogP contribution is 2.42. The van der Waals surface area contributed by atoms with Gasteiger partial charge in [-0.1, -0.05) is 48.5 Å². The molecule has 2 atom stereocenters. The summed E-state index contributed by atoms with van der Waals surface area (Å²) in [5, 5.41) is 9.31. The molecule has 0 aliphatic heterocycles. The van der Waals surface area contributed by atoms with E-state index < -0.39 is 0 Å². The van der Waals surface area contributed by atoms with Crippen LogP contribution in [0, 0.1) is 17.2 Å². The number of allylic oxidation sites excluding steroid dienone is 1. The molecular weight excluding hydrogens is 298 g/mol. The van der Waals surface area contributed by atoms with Crippen LogP contribution in [0.2, 0.25) is 0 Å². The van der Waals surface area contributed by atoms with Gasteiger partial charge in [-0.15, -0.1) is 6.58 Å². The van der Waals surface area contributed by atoms with Crippen LogP contribution in [0.5, 0.6) is 0 Å². The highest BCUT2D eigenvalue weighted by molar-refractivity contribution is 5.81. The van der Waals surface area contributed by atoms with Crippen LogP contribution in [0.1, 0.15) is 34.6 Å². The van der Waals surface area contributed by atoms with Gasteiger partial charge in [-0.3, -0.25) is 4.79 Å². The zero-order valence-electron chi connectivity index (χ0n) is 13.4. The van der Waals surface area contributed by atoms with Crippen LogP contribution in [-0.2, 0) is 22.6 Å². The third kappa shape index (κ3) is 3.09. The predicted octanol–water partition coefficient (Wildman–Crippen LogP) is 4.13. The second-order valence-corrected chi connectivity index (χ2v) is 6.04. The minimum Gasteiger partial charge on any atom is -0.460 e. The molecule has 120 valence electrons. The molecule has 0 saturated carbocycles. The van der Waals surface area contributed by atoms with Crippen molar-refractivity contribution < 1.29 is 9.53 Å². The summed E-state index contributed by atoms with van der Waals surface area (Å²) in [7, 11) is 0. The van der Waals surface area contributed by atoms with Gasteiger partial charge in [0.15, 0.2) is 0 Å². The summed E-state index contributed by atoms with van der Waals surface area (Å²) >= 11 is 0. The van der Waals surface area contributed by atoms with Crippen LogP contribution in [-0.4, -0.2) is 5.97 Å². The Hall–Kier alpha value is -2.86. The van der Waals surface area contributed by atoms with Crippen molar-refractivity contribution in [2.45, 2.75) is 25.4 Å². The van der Waals surface area contributed by atoms with E-state index in [2.05, 4.69) is 12.6 Å². The number of rotatable bonds is 5. The summed E-state index contributed by atoms with van der Waals surface area (Å²) in [6.45, 7) is 4.07. The molecule has 3 rings (SSSR count). The van der Waals surface area contributed by atoms with Crippen molar-refractivity contribution >= 4 is 5.97 Å². The lowest BCUT2D eigenvalue weighted by Crippen LogP contribution is -2.20. The van der Waals surface area contributed by atoms with Crippen LogP contribution >= 0.6 is 0 Å². The molecule has 3 heteroatoms. The zero-order valence-corrected chi connectivity index (χ0v) is 13.4. The first-order valence-electron chi connectivity index (χ1n) is 8.08. The van der Waals surface area contributed by atoms with Gasteiger partial charge in [-0.2, -0.15) is 5.26 Å². The number of benzene rings is 2. The number of nitriles is 1. The van der Waals surface area contributed by atoms with Gasteiger partial charge in [-0.05, 0) is 41.5 Å². The summed E-state index contributed by atoms with van der Waals surface area (Å²) in [6.07, 6.45) is 3.28. The van der Waals surface area contributed by atoms with Gasteiger partial charge >= 0.3 is 5.97 Å². The molecule has 3 nitrogen and oxygen atoms in total. The molecule has 2 aromatic rings. The number of hydrogen-bond acceptors (Lipinski definition) is 3. The third-order valence-electron chi connectivity index (χ3n) is 4.55. The molecule has 0 fully saturated rings. The fourth-order valence-electron chi connectivity index (χ4n) is 3.43. The van der Waals surface area contributed by atoms with E-state index in [1.54, 1.807) is 0 Å². The molecule has 0 spiro atoms. The van der Waals surface area contributed by atoms with Gasteiger partial charge < -0.3 is 4.74 Å². The number of ether oxygens (including phenoxy) is 1. The van der Waals surface area contributed by atoms with E-state index >= 15 is 0 Å². The summed E-state index contributed by atoms with van der Waals surface area (Å²) in [5.74, 6) is -0.440. The van der Waals surface area contributed by atoms with Crippen LogP contribution in [0.15, 0.2) is 61.2 Å². The predicted molar refractivity (Wildman–Crippen MR) is 92.1 cm³/mol. The Morgan fingerprint density at radius 2 is 2.04 bits per heavy atom. The SMILES string of the molecule is C=CC[C@H]1Cc2c(C#N)cccc2[C@H]1C(=O)OCc1ccccc1. The first-order chi connectivity index (χ1) is 11.7. The maximum Gasteiger partial charge on any atom is 0.314 e. The van der Waals surface area contributed by atoms with Crippen molar-refractivity contribution in [3.8, 4) is 6.07 Å². The lowest BCUT2D eigenvalue weighted by molar-refractivity contribution is -0.148. The molecular formula is C21H19NO2. The Bertz CT molecular complexity index is 789. The van der Waals surface area contributed by atoms with Gasteiger partial charge in [0.25, 0.3) is 0 Å². The van der Waals surface area contributed by atoms with Gasteiger partial charge in [0, 0.05) is 0 Å². The van der Waals surface area contributed by atoms with E-state index in [-0.39, 0.29) is 24.4 Å². The largest absolute Gasteiger partial charge is 0.460 e. The molecule has 0 bridgehead atoms. The summed E-state index contributed by atoms with van der Waals surface area (Å²) in [5.41, 5.74) is 3.53. The Morgan fingerprint density at radius 3 is 2.75 bits per heavy atom. The van der Waals surface area contributed by atoms with Crippen LogP contribution in [0.3, 0.4) is 0 Å². The first-order valence-corrected chi connectivity index (χ1v) is 8.08. The van der Waals surface area contributed by atoms with Crippen molar-refractivity contribution in [1.82, 2.24) is 0 Å². The average molecular weight is 317 g/mol. The Kier molecular flexibility index (Phi) is 4.77. The Labute approximate surface area is 142 Å². The van der Waals surface area contributed by atoms with Crippen LogP contribution in [0.4, 0.5) is 0 Å². The van der Waals surface area contributed by atoms with Gasteiger partial charge in [0.2, 0.25) is 0 Å². The summed E-state index contributed by atoms with van der Waals surface area (Å²) < 4.78 is 5.56. The number of carbonyl (C=O) groups is 1.